The number of nitro groups is 1. The smallest absolute Gasteiger partial charge is 0.338 e. The molecule has 34 heavy (non-hydrogen) atoms. The summed E-state index contributed by atoms with van der Waals surface area (Å²) >= 11 is 5.71. The van der Waals surface area contributed by atoms with Crippen molar-refractivity contribution in [3.05, 3.63) is 93.0 Å². The number of anilines is 2. The van der Waals surface area contributed by atoms with Crippen LogP contribution in [0.2, 0.25) is 5.02 Å². The van der Waals surface area contributed by atoms with E-state index in [0.29, 0.717) is 22.7 Å². The monoisotopic (exact) mass is 483 g/mol. The van der Waals surface area contributed by atoms with Crippen molar-refractivity contribution < 1.29 is 28.8 Å². The molecule has 0 saturated carbocycles. The first-order valence-corrected chi connectivity index (χ1v) is 10.1. The van der Waals surface area contributed by atoms with E-state index in [4.69, 9.17) is 21.1 Å². The van der Waals surface area contributed by atoms with Gasteiger partial charge in [-0.2, -0.15) is 0 Å². The third-order valence-corrected chi connectivity index (χ3v) is 4.81. The first-order valence-electron chi connectivity index (χ1n) is 9.73. The molecule has 0 aliphatic rings. The summed E-state index contributed by atoms with van der Waals surface area (Å²) in [7, 11) is 1.55. The molecule has 0 aliphatic carbocycles. The van der Waals surface area contributed by atoms with Gasteiger partial charge >= 0.3 is 5.97 Å². The lowest BCUT2D eigenvalue weighted by Crippen LogP contribution is -2.21. The molecule has 0 aromatic heterocycles. The van der Waals surface area contributed by atoms with E-state index < -0.39 is 29.1 Å². The van der Waals surface area contributed by atoms with Gasteiger partial charge in [-0.1, -0.05) is 11.6 Å². The van der Waals surface area contributed by atoms with Crippen LogP contribution >= 0.6 is 11.6 Å². The first-order chi connectivity index (χ1) is 16.3. The molecule has 10 nitrogen and oxygen atoms in total. The Bertz CT molecular complexity index is 1230. The van der Waals surface area contributed by atoms with Gasteiger partial charge in [0, 0.05) is 23.0 Å². The molecule has 0 aliphatic heterocycles. The fourth-order valence-corrected chi connectivity index (χ4v) is 2.96. The number of methoxy groups -OCH3 is 1. The molecule has 3 rings (SSSR count). The molecular weight excluding hydrogens is 466 g/mol. The lowest BCUT2D eigenvalue weighted by molar-refractivity contribution is -0.384. The number of benzene rings is 3. The molecule has 174 valence electrons. The van der Waals surface area contributed by atoms with Crippen molar-refractivity contribution >= 4 is 46.4 Å². The molecule has 0 spiro atoms. The number of carbonyl (C=O) groups is 3. The molecule has 0 fully saturated rings. The Morgan fingerprint density at radius 2 is 1.50 bits per heavy atom. The van der Waals surface area contributed by atoms with E-state index in [1.807, 2.05) is 0 Å². The van der Waals surface area contributed by atoms with Crippen LogP contribution in [0.5, 0.6) is 5.75 Å². The lowest BCUT2D eigenvalue weighted by Gasteiger charge is -2.09. The summed E-state index contributed by atoms with van der Waals surface area (Å²) in [5, 5.41) is 16.1. The fourth-order valence-electron chi connectivity index (χ4n) is 2.77. The van der Waals surface area contributed by atoms with Crippen LogP contribution in [-0.2, 0) is 9.53 Å². The van der Waals surface area contributed by atoms with Crippen LogP contribution in [0.3, 0.4) is 0 Å². The number of nitrogens with zero attached hydrogens (tertiary/aromatic N) is 1. The minimum absolute atomic E-state index is 0.115. The Labute approximate surface area is 198 Å². The minimum atomic E-state index is -0.916. The van der Waals surface area contributed by atoms with Gasteiger partial charge in [0.05, 0.1) is 17.6 Å². The van der Waals surface area contributed by atoms with Gasteiger partial charge in [0.1, 0.15) is 10.8 Å². The number of esters is 1. The third-order valence-electron chi connectivity index (χ3n) is 4.49. The number of hydrogen-bond acceptors (Lipinski definition) is 7. The van der Waals surface area contributed by atoms with Gasteiger partial charge in [0.2, 0.25) is 0 Å². The molecular formula is C23H18ClN3O7. The molecule has 3 aromatic rings. The average molecular weight is 484 g/mol. The summed E-state index contributed by atoms with van der Waals surface area (Å²) in [6.45, 7) is -0.616. The van der Waals surface area contributed by atoms with Gasteiger partial charge in [0.25, 0.3) is 17.5 Å². The van der Waals surface area contributed by atoms with Gasteiger partial charge in [0.15, 0.2) is 6.61 Å². The third kappa shape index (κ3) is 6.30. The van der Waals surface area contributed by atoms with Crippen molar-refractivity contribution in [1.82, 2.24) is 0 Å². The van der Waals surface area contributed by atoms with E-state index in [2.05, 4.69) is 10.6 Å². The van der Waals surface area contributed by atoms with Crippen LogP contribution in [0.15, 0.2) is 66.7 Å². The topological polar surface area (TPSA) is 137 Å². The van der Waals surface area contributed by atoms with E-state index >= 15 is 0 Å². The van der Waals surface area contributed by atoms with Gasteiger partial charge in [-0.3, -0.25) is 19.7 Å². The van der Waals surface area contributed by atoms with Crippen molar-refractivity contribution in [2.75, 3.05) is 24.4 Å². The molecule has 0 atom stereocenters. The van der Waals surface area contributed by atoms with Crippen LogP contribution in [0.1, 0.15) is 20.7 Å². The van der Waals surface area contributed by atoms with Gasteiger partial charge in [-0.25, -0.2) is 4.79 Å². The summed E-state index contributed by atoms with van der Waals surface area (Å²) in [6.07, 6.45) is 0. The van der Waals surface area contributed by atoms with E-state index in [-0.39, 0.29) is 16.5 Å². The summed E-state index contributed by atoms with van der Waals surface area (Å²) < 4.78 is 9.96. The predicted octanol–water partition coefficient (Wildman–Crippen LogP) is 4.30. The van der Waals surface area contributed by atoms with Crippen LogP contribution in [0.4, 0.5) is 17.1 Å². The average Bonchev–Trinajstić information content (AvgIpc) is 2.83. The Morgan fingerprint density at radius 3 is 2.12 bits per heavy atom. The summed E-state index contributed by atoms with van der Waals surface area (Å²) in [4.78, 5) is 46.7. The van der Waals surface area contributed by atoms with Gasteiger partial charge in [-0.15, -0.1) is 0 Å². The second-order valence-electron chi connectivity index (χ2n) is 6.81. The zero-order valence-electron chi connectivity index (χ0n) is 17.7. The molecule has 11 heteroatoms. The Hall–Kier alpha value is -4.44. The zero-order chi connectivity index (χ0) is 24.7. The number of nitro benzene ring substituents is 1. The molecule has 0 saturated heterocycles. The molecule has 0 radical (unpaired) electrons. The Morgan fingerprint density at radius 1 is 0.912 bits per heavy atom. The molecule has 3 aromatic carbocycles. The number of carbonyl (C=O) groups excluding carboxylic acids is 3. The maximum atomic E-state index is 12.4. The van der Waals surface area contributed by atoms with Crippen LogP contribution < -0.4 is 15.4 Å². The normalized spacial score (nSPS) is 10.2. The molecule has 0 bridgehead atoms. The SMILES string of the molecule is COc1ccc(NC(=O)c2ccc(NC(=O)COC(=O)c3ccc(Cl)c([N+](=O)[O-])c3)cc2)cc1. The number of rotatable bonds is 8. The fraction of sp³-hybridized carbons (Fsp3) is 0.0870. The Kier molecular flexibility index (Phi) is 7.78. The summed E-state index contributed by atoms with van der Waals surface area (Å²) in [5.74, 6) is -1.22. The highest BCUT2D eigenvalue weighted by molar-refractivity contribution is 6.32. The highest BCUT2D eigenvalue weighted by atomic mass is 35.5. The van der Waals surface area contributed by atoms with Crippen LogP contribution in [0.25, 0.3) is 0 Å². The summed E-state index contributed by atoms with van der Waals surface area (Å²) in [6, 6.07) is 16.3. The number of halogens is 1. The molecule has 2 amide bonds. The lowest BCUT2D eigenvalue weighted by atomic mass is 10.2. The minimum Gasteiger partial charge on any atom is -0.497 e. The maximum absolute atomic E-state index is 12.4. The second-order valence-corrected chi connectivity index (χ2v) is 7.21. The van der Waals surface area contributed by atoms with Gasteiger partial charge in [-0.05, 0) is 60.7 Å². The predicted molar refractivity (Wildman–Crippen MR) is 124 cm³/mol. The largest absolute Gasteiger partial charge is 0.497 e. The highest BCUT2D eigenvalue weighted by Crippen LogP contribution is 2.25. The standard InChI is InChI=1S/C23H18ClN3O7/c1-33-18-9-7-17(8-10-18)26-22(29)14-2-5-16(6-3-14)25-21(28)13-34-23(30)15-4-11-19(24)20(12-15)27(31)32/h2-12H,13H2,1H3,(H,25,28)(H,26,29). The highest BCUT2D eigenvalue weighted by Gasteiger charge is 2.18. The number of nitrogens with one attached hydrogen (secondary N) is 2. The number of amides is 2. The van der Waals surface area contributed by atoms with Crippen molar-refractivity contribution in [2.45, 2.75) is 0 Å². The second kappa shape index (κ2) is 10.9. The van der Waals surface area contributed by atoms with E-state index in [9.17, 15) is 24.5 Å². The molecule has 0 heterocycles. The van der Waals surface area contributed by atoms with Crippen LogP contribution in [-0.4, -0.2) is 36.4 Å². The van der Waals surface area contributed by atoms with E-state index in [0.717, 1.165) is 6.07 Å². The van der Waals surface area contributed by atoms with Crippen molar-refractivity contribution in [3.63, 3.8) is 0 Å². The quantitative estimate of drug-likeness (QED) is 0.277. The molecule has 0 unspecified atom stereocenters. The maximum Gasteiger partial charge on any atom is 0.338 e. The van der Waals surface area contributed by atoms with E-state index in [1.165, 1.54) is 36.4 Å². The Balaban J connectivity index is 1.52. The van der Waals surface area contributed by atoms with Crippen molar-refractivity contribution in [3.8, 4) is 5.75 Å². The van der Waals surface area contributed by atoms with E-state index in [1.54, 1.807) is 31.4 Å². The zero-order valence-corrected chi connectivity index (χ0v) is 18.5. The number of ether oxygens (including phenoxy) is 2. The number of hydrogen-bond donors (Lipinski definition) is 2. The van der Waals surface area contributed by atoms with Crippen LogP contribution in [0, 0.1) is 10.1 Å². The molecule has 2 N–H and O–H groups in total. The van der Waals surface area contributed by atoms with Crippen molar-refractivity contribution in [2.24, 2.45) is 0 Å². The van der Waals surface area contributed by atoms with Gasteiger partial charge < -0.3 is 20.1 Å². The first kappa shape index (κ1) is 24.2. The summed E-state index contributed by atoms with van der Waals surface area (Å²) in [5.41, 5.74) is 0.776. The van der Waals surface area contributed by atoms with Crippen molar-refractivity contribution in [1.29, 1.82) is 0 Å².